The van der Waals surface area contributed by atoms with Crippen LogP contribution < -0.4 is 4.74 Å². The summed E-state index contributed by atoms with van der Waals surface area (Å²) in [5.41, 5.74) is 2.47. The Bertz CT molecular complexity index is 1140. The molecule has 0 radical (unpaired) electrons. The lowest BCUT2D eigenvalue weighted by molar-refractivity contribution is -0.384. The van der Waals surface area contributed by atoms with Crippen molar-refractivity contribution in [2.24, 2.45) is 0 Å². The Kier molecular flexibility index (Phi) is 4.90. The van der Waals surface area contributed by atoms with Gasteiger partial charge >= 0.3 is 0 Å². The number of ether oxygens (including phenoxy) is 1. The van der Waals surface area contributed by atoms with Gasteiger partial charge in [0.15, 0.2) is 11.5 Å². The monoisotopic (exact) mass is 393 g/mol. The number of hydrogen-bond acceptors (Lipinski definition) is 7. The van der Waals surface area contributed by atoms with Crippen molar-refractivity contribution in [3.63, 3.8) is 0 Å². The lowest BCUT2D eigenvalue weighted by atomic mass is 10.2. The van der Waals surface area contributed by atoms with Crippen molar-refractivity contribution in [2.75, 3.05) is 7.11 Å². The Hall–Kier alpha value is -3.46. The Morgan fingerprint density at radius 1 is 1.11 bits per heavy atom. The van der Waals surface area contributed by atoms with Crippen LogP contribution in [-0.4, -0.2) is 31.8 Å². The molecule has 2 aromatic carbocycles. The van der Waals surface area contributed by atoms with Crippen molar-refractivity contribution >= 4 is 23.1 Å². The summed E-state index contributed by atoms with van der Waals surface area (Å²) in [6.45, 7) is 0. The van der Waals surface area contributed by atoms with Crippen LogP contribution >= 0.6 is 11.8 Å². The normalized spacial score (nSPS) is 10.9. The number of methoxy groups -OCH3 is 1. The first-order valence-corrected chi connectivity index (χ1v) is 9.35. The second kappa shape index (κ2) is 7.65. The molecule has 2 aromatic heterocycles. The van der Waals surface area contributed by atoms with Gasteiger partial charge in [0.1, 0.15) is 10.8 Å². The molecule has 0 saturated heterocycles. The minimum absolute atomic E-state index is 0.0853. The van der Waals surface area contributed by atoms with E-state index >= 15 is 0 Å². The standard InChI is InChI=1S/C19H15N5O3S/c1-27-16-7-5-14(6-8-16)19-21-20-17-9-10-18(22-23(17)19)28-12-13-3-2-4-15(11-13)24(25)26/h2-11H,12H2,1H3. The molecule has 0 saturated carbocycles. The molecule has 28 heavy (non-hydrogen) atoms. The van der Waals surface area contributed by atoms with E-state index in [-0.39, 0.29) is 5.69 Å². The summed E-state index contributed by atoms with van der Waals surface area (Å²) in [7, 11) is 1.62. The minimum Gasteiger partial charge on any atom is -0.497 e. The molecule has 0 aliphatic rings. The van der Waals surface area contributed by atoms with Gasteiger partial charge in [-0.15, -0.1) is 10.2 Å². The second-order valence-electron chi connectivity index (χ2n) is 5.91. The van der Waals surface area contributed by atoms with E-state index in [0.717, 1.165) is 21.9 Å². The van der Waals surface area contributed by atoms with Crippen LogP contribution in [0.2, 0.25) is 0 Å². The molecule has 0 aliphatic carbocycles. The number of benzene rings is 2. The van der Waals surface area contributed by atoms with E-state index < -0.39 is 4.92 Å². The molecule has 0 N–H and O–H groups in total. The van der Waals surface area contributed by atoms with Crippen molar-refractivity contribution < 1.29 is 9.66 Å². The van der Waals surface area contributed by atoms with Gasteiger partial charge in [0.2, 0.25) is 0 Å². The summed E-state index contributed by atoms with van der Waals surface area (Å²) in [6.07, 6.45) is 0. The number of fused-ring (bicyclic) bond motifs is 1. The molecule has 0 amide bonds. The SMILES string of the molecule is COc1ccc(-c2nnc3ccc(SCc4cccc([N+](=O)[O-])c4)nn23)cc1. The third-order valence-electron chi connectivity index (χ3n) is 4.09. The average Bonchev–Trinajstić information content (AvgIpc) is 3.16. The highest BCUT2D eigenvalue weighted by atomic mass is 32.2. The highest BCUT2D eigenvalue weighted by Crippen LogP contribution is 2.25. The van der Waals surface area contributed by atoms with E-state index in [9.17, 15) is 10.1 Å². The highest BCUT2D eigenvalue weighted by molar-refractivity contribution is 7.98. The number of nitrogens with zero attached hydrogens (tertiary/aromatic N) is 5. The summed E-state index contributed by atoms with van der Waals surface area (Å²) < 4.78 is 6.88. The van der Waals surface area contributed by atoms with Gasteiger partial charge in [-0.3, -0.25) is 10.1 Å². The lowest BCUT2D eigenvalue weighted by Crippen LogP contribution is -1.97. The topological polar surface area (TPSA) is 95.5 Å². The maximum Gasteiger partial charge on any atom is 0.269 e. The third kappa shape index (κ3) is 3.65. The van der Waals surface area contributed by atoms with Gasteiger partial charge in [-0.05, 0) is 42.0 Å². The quantitative estimate of drug-likeness (QED) is 0.277. The van der Waals surface area contributed by atoms with Crippen LogP contribution in [0.3, 0.4) is 0 Å². The minimum atomic E-state index is -0.392. The summed E-state index contributed by atoms with van der Waals surface area (Å²) in [5, 5.41) is 24.7. The fourth-order valence-corrected chi connectivity index (χ4v) is 3.48. The average molecular weight is 393 g/mol. The first-order chi connectivity index (χ1) is 13.6. The van der Waals surface area contributed by atoms with Crippen molar-refractivity contribution in [2.45, 2.75) is 10.8 Å². The first-order valence-electron chi connectivity index (χ1n) is 8.37. The van der Waals surface area contributed by atoms with E-state index in [1.54, 1.807) is 23.8 Å². The highest BCUT2D eigenvalue weighted by Gasteiger charge is 2.11. The van der Waals surface area contributed by atoms with Gasteiger partial charge in [0.05, 0.1) is 12.0 Å². The van der Waals surface area contributed by atoms with Crippen LogP contribution in [0.1, 0.15) is 5.56 Å². The fourth-order valence-electron chi connectivity index (χ4n) is 2.69. The van der Waals surface area contributed by atoms with E-state index in [1.165, 1.54) is 17.8 Å². The van der Waals surface area contributed by atoms with Crippen molar-refractivity contribution in [1.82, 2.24) is 19.8 Å². The van der Waals surface area contributed by atoms with Crippen molar-refractivity contribution in [3.05, 3.63) is 76.3 Å². The number of hydrogen-bond donors (Lipinski definition) is 0. The summed E-state index contributed by atoms with van der Waals surface area (Å²) in [6, 6.07) is 17.8. The largest absolute Gasteiger partial charge is 0.497 e. The predicted molar refractivity (Wildman–Crippen MR) is 105 cm³/mol. The number of non-ortho nitro benzene ring substituents is 1. The van der Waals surface area contributed by atoms with Gasteiger partial charge in [0.25, 0.3) is 5.69 Å². The molecule has 0 fully saturated rings. The van der Waals surface area contributed by atoms with Crippen molar-refractivity contribution in [1.29, 1.82) is 0 Å². The Balaban J connectivity index is 1.58. The molecular weight excluding hydrogens is 378 g/mol. The molecule has 0 atom stereocenters. The summed E-state index contributed by atoms with van der Waals surface area (Å²) in [5.74, 6) is 1.97. The molecule has 9 heteroatoms. The maximum atomic E-state index is 10.9. The number of aromatic nitrogens is 4. The molecule has 2 heterocycles. The van der Waals surface area contributed by atoms with Gasteiger partial charge in [-0.2, -0.15) is 9.61 Å². The Morgan fingerprint density at radius 2 is 1.93 bits per heavy atom. The number of rotatable bonds is 6. The second-order valence-corrected chi connectivity index (χ2v) is 6.90. The smallest absolute Gasteiger partial charge is 0.269 e. The van der Waals surface area contributed by atoms with Crippen LogP contribution in [-0.2, 0) is 5.75 Å². The molecule has 0 aliphatic heterocycles. The molecule has 8 nitrogen and oxygen atoms in total. The molecule has 0 unspecified atom stereocenters. The van der Waals surface area contributed by atoms with Crippen molar-refractivity contribution in [3.8, 4) is 17.1 Å². The van der Waals surface area contributed by atoms with Gasteiger partial charge < -0.3 is 4.74 Å². The molecule has 4 rings (SSSR count). The number of nitro benzene ring substituents is 1. The Morgan fingerprint density at radius 3 is 2.68 bits per heavy atom. The molecule has 0 bridgehead atoms. The van der Waals surface area contributed by atoms with Gasteiger partial charge in [-0.1, -0.05) is 23.9 Å². The van der Waals surface area contributed by atoms with Gasteiger partial charge in [-0.25, -0.2) is 0 Å². The van der Waals surface area contributed by atoms with E-state index in [2.05, 4.69) is 15.3 Å². The zero-order valence-electron chi connectivity index (χ0n) is 14.8. The molecule has 140 valence electrons. The van der Waals surface area contributed by atoms with Crippen LogP contribution in [0.4, 0.5) is 5.69 Å². The Labute approximate surface area is 164 Å². The maximum absolute atomic E-state index is 10.9. The zero-order chi connectivity index (χ0) is 19.5. The molecular formula is C19H15N5O3S. The summed E-state index contributed by atoms with van der Waals surface area (Å²) in [4.78, 5) is 10.5. The zero-order valence-corrected chi connectivity index (χ0v) is 15.7. The summed E-state index contributed by atoms with van der Waals surface area (Å²) >= 11 is 1.49. The van der Waals surface area contributed by atoms with E-state index in [1.807, 2.05) is 42.5 Å². The van der Waals surface area contributed by atoms with Gasteiger partial charge in [0, 0.05) is 23.4 Å². The first kappa shape index (κ1) is 17.9. The van der Waals surface area contributed by atoms with Crippen LogP contribution in [0.25, 0.3) is 17.0 Å². The predicted octanol–water partition coefficient (Wildman–Crippen LogP) is 4.00. The number of nitro groups is 1. The van der Waals surface area contributed by atoms with Crippen LogP contribution in [0.15, 0.2) is 65.7 Å². The third-order valence-corrected chi connectivity index (χ3v) is 5.09. The fraction of sp³-hybridized carbons (Fsp3) is 0.105. The molecule has 4 aromatic rings. The molecule has 0 spiro atoms. The lowest BCUT2D eigenvalue weighted by Gasteiger charge is -2.04. The number of thioether (sulfide) groups is 1. The van der Waals surface area contributed by atoms with Crippen LogP contribution in [0.5, 0.6) is 5.75 Å². The van der Waals surface area contributed by atoms with Crippen LogP contribution in [0, 0.1) is 10.1 Å². The van der Waals surface area contributed by atoms with E-state index in [0.29, 0.717) is 17.2 Å². The van der Waals surface area contributed by atoms with E-state index in [4.69, 9.17) is 4.74 Å².